The molecule has 6 nitrogen and oxygen atoms in total. The summed E-state index contributed by atoms with van der Waals surface area (Å²) in [5, 5.41) is 0. The molecule has 2 aromatic rings. The van der Waals surface area contributed by atoms with Crippen molar-refractivity contribution < 1.29 is 21.9 Å². The molecule has 0 radical (unpaired) electrons. The molecule has 0 saturated carbocycles. The molecule has 0 heterocycles. The van der Waals surface area contributed by atoms with Gasteiger partial charge in [0.2, 0.25) is 5.96 Å². The van der Waals surface area contributed by atoms with Crippen LogP contribution in [0.3, 0.4) is 0 Å². The molecule has 0 aliphatic heterocycles. The Balaban J connectivity index is 2.06. The van der Waals surface area contributed by atoms with Gasteiger partial charge in [-0.3, -0.25) is 4.99 Å². The minimum absolute atomic E-state index is 0.181. The number of ether oxygens (including phenoxy) is 1. The van der Waals surface area contributed by atoms with Crippen LogP contribution in [-0.2, 0) is 16.4 Å². The van der Waals surface area contributed by atoms with Crippen LogP contribution in [0.25, 0.3) is 0 Å². The topological polar surface area (TPSA) is 93.8 Å². The second-order valence-electron chi connectivity index (χ2n) is 5.01. The molecule has 0 unspecified atom stereocenters. The molecule has 0 saturated heterocycles. The quantitative estimate of drug-likeness (QED) is 0.600. The molecule has 25 heavy (non-hydrogen) atoms. The average molecular weight is 369 g/mol. The van der Waals surface area contributed by atoms with Gasteiger partial charge in [0.15, 0.2) is 0 Å². The fraction of sp³-hybridized carbons (Fsp3) is 0.188. The number of aliphatic imine (C=N–C) groups is 1. The number of para-hydroxylation sites is 1. The number of nitrogens with zero attached hydrogens (tertiary/aromatic N) is 1. The first-order chi connectivity index (χ1) is 11.8. The van der Waals surface area contributed by atoms with Gasteiger partial charge in [-0.2, -0.15) is 0 Å². The van der Waals surface area contributed by atoms with Crippen LogP contribution >= 0.6 is 0 Å². The summed E-state index contributed by atoms with van der Waals surface area (Å²) in [7, 11) is -2.83. The Kier molecular flexibility index (Phi) is 5.92. The van der Waals surface area contributed by atoms with Crippen LogP contribution in [0.15, 0.2) is 52.4 Å². The van der Waals surface area contributed by atoms with E-state index < -0.39 is 32.5 Å². The van der Waals surface area contributed by atoms with Gasteiger partial charge >= 0.3 is 0 Å². The highest BCUT2D eigenvalue weighted by molar-refractivity contribution is 7.90. The van der Waals surface area contributed by atoms with Crippen LogP contribution < -0.4 is 15.2 Å². The molecule has 9 heteroatoms. The molecule has 0 fully saturated rings. The maximum absolute atomic E-state index is 13.6. The lowest BCUT2D eigenvalue weighted by Crippen LogP contribution is -2.37. The summed E-state index contributed by atoms with van der Waals surface area (Å²) in [4.78, 5) is 3.05. The fourth-order valence-electron chi connectivity index (χ4n) is 2.11. The van der Waals surface area contributed by atoms with Crippen molar-refractivity contribution in [3.63, 3.8) is 0 Å². The van der Waals surface area contributed by atoms with Crippen molar-refractivity contribution in [2.75, 3.05) is 13.7 Å². The van der Waals surface area contributed by atoms with Crippen molar-refractivity contribution in [3.05, 3.63) is 59.7 Å². The van der Waals surface area contributed by atoms with Gasteiger partial charge in [-0.1, -0.05) is 18.2 Å². The lowest BCUT2D eigenvalue weighted by atomic mass is 10.1. The molecular weight excluding hydrogens is 352 g/mol. The molecule has 0 amide bonds. The van der Waals surface area contributed by atoms with E-state index in [2.05, 4.69) is 4.99 Å². The summed E-state index contributed by atoms with van der Waals surface area (Å²) in [6, 6.07) is 9.40. The molecule has 0 aromatic heterocycles. The summed E-state index contributed by atoms with van der Waals surface area (Å²) in [6.45, 7) is 0.181. The zero-order chi connectivity index (χ0) is 18.4. The number of benzene rings is 2. The van der Waals surface area contributed by atoms with Gasteiger partial charge in [0.05, 0.1) is 7.11 Å². The Bertz CT molecular complexity index is 886. The molecule has 0 aliphatic carbocycles. The van der Waals surface area contributed by atoms with Crippen molar-refractivity contribution in [3.8, 4) is 5.75 Å². The van der Waals surface area contributed by atoms with Gasteiger partial charge in [0, 0.05) is 6.54 Å². The third-order valence-electron chi connectivity index (χ3n) is 3.28. The highest BCUT2D eigenvalue weighted by atomic mass is 32.2. The van der Waals surface area contributed by atoms with E-state index in [9.17, 15) is 17.2 Å². The van der Waals surface area contributed by atoms with Crippen molar-refractivity contribution in [2.45, 2.75) is 11.3 Å². The number of sulfonamides is 1. The SMILES string of the molecule is COc1ccccc1CCN=C(N)NS(=O)(=O)c1cc(F)ccc1F. The Morgan fingerprint density at radius 3 is 2.68 bits per heavy atom. The van der Waals surface area contributed by atoms with Gasteiger partial charge in [-0.25, -0.2) is 21.9 Å². The Morgan fingerprint density at radius 1 is 1.24 bits per heavy atom. The summed E-state index contributed by atoms with van der Waals surface area (Å²) >= 11 is 0. The lowest BCUT2D eigenvalue weighted by molar-refractivity contribution is 0.410. The number of nitrogens with two attached hydrogens (primary N) is 1. The molecular formula is C16H17F2N3O3S. The van der Waals surface area contributed by atoms with E-state index in [1.165, 1.54) is 7.11 Å². The second kappa shape index (κ2) is 7.93. The summed E-state index contributed by atoms with van der Waals surface area (Å²) in [5.41, 5.74) is 6.41. The van der Waals surface area contributed by atoms with E-state index in [4.69, 9.17) is 10.5 Å². The normalized spacial score (nSPS) is 12.0. The van der Waals surface area contributed by atoms with Gasteiger partial charge in [0.25, 0.3) is 10.0 Å². The van der Waals surface area contributed by atoms with Crippen LogP contribution in [0.5, 0.6) is 5.75 Å². The van der Waals surface area contributed by atoms with E-state index in [1.54, 1.807) is 6.07 Å². The maximum Gasteiger partial charge on any atom is 0.267 e. The monoisotopic (exact) mass is 369 g/mol. The highest BCUT2D eigenvalue weighted by Gasteiger charge is 2.20. The number of hydrogen-bond donors (Lipinski definition) is 2. The minimum atomic E-state index is -4.37. The lowest BCUT2D eigenvalue weighted by Gasteiger charge is -2.09. The summed E-state index contributed by atoms with van der Waals surface area (Å²) < 4.78 is 58.0. The first-order valence-corrected chi connectivity index (χ1v) is 8.71. The molecule has 0 bridgehead atoms. The number of methoxy groups -OCH3 is 1. The van der Waals surface area contributed by atoms with Gasteiger partial charge < -0.3 is 10.5 Å². The Hall–Kier alpha value is -2.68. The largest absolute Gasteiger partial charge is 0.496 e. The van der Waals surface area contributed by atoms with Crippen molar-refractivity contribution in [2.24, 2.45) is 10.7 Å². The van der Waals surface area contributed by atoms with Crippen LogP contribution in [0.4, 0.5) is 8.78 Å². The van der Waals surface area contributed by atoms with E-state index in [0.29, 0.717) is 18.2 Å². The van der Waals surface area contributed by atoms with Crippen LogP contribution in [-0.4, -0.2) is 28.0 Å². The first-order valence-electron chi connectivity index (χ1n) is 7.23. The Labute approximate surface area is 144 Å². The predicted octanol–water partition coefficient (Wildman–Crippen LogP) is 1.81. The molecule has 2 rings (SSSR count). The summed E-state index contributed by atoms with van der Waals surface area (Å²) in [5.74, 6) is -1.71. The first kappa shape index (κ1) is 18.7. The second-order valence-corrected chi connectivity index (χ2v) is 6.66. The van der Waals surface area contributed by atoms with Crippen LogP contribution in [0.2, 0.25) is 0 Å². The number of hydrogen-bond acceptors (Lipinski definition) is 4. The van der Waals surface area contributed by atoms with E-state index in [-0.39, 0.29) is 6.54 Å². The molecule has 3 N–H and O–H groups in total. The van der Waals surface area contributed by atoms with Crippen LogP contribution in [0, 0.1) is 11.6 Å². The third kappa shape index (κ3) is 4.90. The third-order valence-corrected chi connectivity index (χ3v) is 4.65. The van der Waals surface area contributed by atoms with Gasteiger partial charge in [0.1, 0.15) is 22.3 Å². The standard InChI is InChI=1S/C16H17F2N3O3S/c1-24-14-5-3-2-4-11(14)8-9-20-16(19)21-25(22,23)15-10-12(17)6-7-13(15)18/h2-7,10H,8-9H2,1H3,(H3,19,20,21). The number of guanidine groups is 1. The smallest absolute Gasteiger partial charge is 0.267 e. The number of nitrogens with one attached hydrogen (secondary N) is 1. The number of halogens is 2. The van der Waals surface area contributed by atoms with E-state index in [1.807, 2.05) is 22.9 Å². The zero-order valence-electron chi connectivity index (χ0n) is 13.4. The Morgan fingerprint density at radius 2 is 1.96 bits per heavy atom. The van der Waals surface area contributed by atoms with Crippen molar-refractivity contribution in [1.29, 1.82) is 0 Å². The number of rotatable bonds is 6. The van der Waals surface area contributed by atoms with Gasteiger partial charge in [-0.05, 0) is 36.2 Å². The predicted molar refractivity (Wildman–Crippen MR) is 89.9 cm³/mol. The minimum Gasteiger partial charge on any atom is -0.496 e. The molecule has 0 aliphatic rings. The highest BCUT2D eigenvalue weighted by Crippen LogP contribution is 2.18. The van der Waals surface area contributed by atoms with Gasteiger partial charge in [-0.15, -0.1) is 0 Å². The van der Waals surface area contributed by atoms with E-state index in [0.717, 1.165) is 17.7 Å². The maximum atomic E-state index is 13.6. The molecule has 134 valence electrons. The zero-order valence-corrected chi connectivity index (χ0v) is 14.2. The van der Waals surface area contributed by atoms with Crippen LogP contribution in [0.1, 0.15) is 5.56 Å². The fourth-order valence-corrected chi connectivity index (χ4v) is 3.16. The molecule has 0 atom stereocenters. The molecule has 2 aromatic carbocycles. The van der Waals surface area contributed by atoms with Crippen molar-refractivity contribution >= 4 is 16.0 Å². The van der Waals surface area contributed by atoms with E-state index >= 15 is 0 Å². The van der Waals surface area contributed by atoms with Crippen molar-refractivity contribution in [1.82, 2.24) is 4.72 Å². The molecule has 0 spiro atoms. The summed E-state index contributed by atoms with van der Waals surface area (Å²) in [6.07, 6.45) is 0.459. The average Bonchev–Trinajstić information content (AvgIpc) is 2.57.